The minimum Gasteiger partial charge on any atom is -0.357 e. The number of nitrogens with zero attached hydrogens (tertiary/aromatic N) is 4. The molecular formula is C26H34ClN5. The third-order valence-electron chi connectivity index (χ3n) is 7.00. The van der Waals surface area contributed by atoms with Gasteiger partial charge in [-0.1, -0.05) is 55.8 Å². The molecule has 0 atom stereocenters. The highest BCUT2D eigenvalue weighted by molar-refractivity contribution is 6.30. The molecule has 3 heterocycles. The lowest BCUT2D eigenvalue weighted by Crippen LogP contribution is -2.30. The van der Waals surface area contributed by atoms with E-state index in [0.29, 0.717) is 12.6 Å². The Morgan fingerprint density at radius 1 is 0.875 bits per heavy atom. The zero-order valence-electron chi connectivity index (χ0n) is 18.9. The SMILES string of the molecule is Clc1ccc(Cn2nc(CNC3CCCCC3)c3ccc(N4CCCCCC4)nc32)cc1. The molecule has 3 aromatic rings. The van der Waals surface area contributed by atoms with Gasteiger partial charge in [-0.15, -0.1) is 0 Å². The van der Waals surface area contributed by atoms with E-state index in [1.807, 2.05) is 12.1 Å². The first-order valence-electron chi connectivity index (χ1n) is 12.4. The topological polar surface area (TPSA) is 46.0 Å². The smallest absolute Gasteiger partial charge is 0.160 e. The summed E-state index contributed by atoms with van der Waals surface area (Å²) in [6, 6.07) is 13.1. The molecule has 0 bridgehead atoms. The number of aromatic nitrogens is 3. The van der Waals surface area contributed by atoms with Gasteiger partial charge in [0.2, 0.25) is 0 Å². The van der Waals surface area contributed by atoms with Crippen molar-refractivity contribution in [3.05, 3.63) is 52.7 Å². The normalized spacial score (nSPS) is 18.2. The number of hydrogen-bond acceptors (Lipinski definition) is 4. The molecule has 5 nitrogen and oxygen atoms in total. The molecule has 0 amide bonds. The lowest BCUT2D eigenvalue weighted by molar-refractivity contribution is 0.370. The van der Waals surface area contributed by atoms with Crippen LogP contribution in [0, 0.1) is 0 Å². The minimum absolute atomic E-state index is 0.615. The van der Waals surface area contributed by atoms with Crippen LogP contribution in [0.2, 0.25) is 5.02 Å². The Balaban J connectivity index is 1.44. The fraction of sp³-hybridized carbons (Fsp3) is 0.538. The number of pyridine rings is 1. The molecule has 2 aromatic heterocycles. The molecule has 170 valence electrons. The number of halogens is 1. The molecule has 1 saturated heterocycles. The summed E-state index contributed by atoms with van der Waals surface area (Å²) in [6.45, 7) is 3.70. The summed E-state index contributed by atoms with van der Waals surface area (Å²) in [5, 5.41) is 10.7. The van der Waals surface area contributed by atoms with Gasteiger partial charge in [0.15, 0.2) is 5.65 Å². The van der Waals surface area contributed by atoms with Crippen molar-refractivity contribution in [1.29, 1.82) is 0 Å². The van der Waals surface area contributed by atoms with Crippen LogP contribution in [0.25, 0.3) is 11.0 Å². The van der Waals surface area contributed by atoms with E-state index in [1.54, 1.807) is 0 Å². The first-order valence-corrected chi connectivity index (χ1v) is 12.7. The Kier molecular flexibility index (Phi) is 6.94. The first-order chi connectivity index (χ1) is 15.8. The largest absolute Gasteiger partial charge is 0.357 e. The van der Waals surface area contributed by atoms with Gasteiger partial charge in [-0.25, -0.2) is 9.67 Å². The van der Waals surface area contributed by atoms with Gasteiger partial charge in [0, 0.05) is 36.1 Å². The highest BCUT2D eigenvalue weighted by Crippen LogP contribution is 2.25. The standard InChI is InChI=1S/C26H34ClN5/c27-21-12-10-20(11-13-21)19-32-26-23(24(30-32)18-28-22-8-4-3-5-9-22)14-15-25(29-26)31-16-6-1-2-7-17-31/h10-15,22,28H,1-9,16-19H2. The van der Waals surface area contributed by atoms with Crippen LogP contribution in [0.5, 0.6) is 0 Å². The van der Waals surface area contributed by atoms with Crippen molar-refractivity contribution in [3.8, 4) is 0 Å². The third kappa shape index (κ3) is 5.10. The molecule has 0 unspecified atom stereocenters. The van der Waals surface area contributed by atoms with Gasteiger partial charge in [-0.3, -0.25) is 0 Å². The Hall–Kier alpha value is -2.11. The molecule has 1 N–H and O–H groups in total. The van der Waals surface area contributed by atoms with Gasteiger partial charge in [-0.05, 0) is 55.5 Å². The Morgan fingerprint density at radius 2 is 1.59 bits per heavy atom. The molecule has 32 heavy (non-hydrogen) atoms. The average Bonchev–Trinajstić information content (AvgIpc) is 2.99. The van der Waals surface area contributed by atoms with Crippen molar-refractivity contribution >= 4 is 28.5 Å². The van der Waals surface area contributed by atoms with Gasteiger partial charge >= 0.3 is 0 Å². The second-order valence-electron chi connectivity index (χ2n) is 9.39. The molecule has 1 saturated carbocycles. The predicted molar refractivity (Wildman–Crippen MR) is 132 cm³/mol. The van der Waals surface area contributed by atoms with E-state index in [1.165, 1.54) is 68.7 Å². The molecule has 0 radical (unpaired) electrons. The van der Waals surface area contributed by atoms with Crippen LogP contribution >= 0.6 is 11.6 Å². The minimum atomic E-state index is 0.615. The second-order valence-corrected chi connectivity index (χ2v) is 9.82. The second kappa shape index (κ2) is 10.2. The van der Waals surface area contributed by atoms with Crippen molar-refractivity contribution in [3.63, 3.8) is 0 Å². The highest BCUT2D eigenvalue weighted by Gasteiger charge is 2.18. The van der Waals surface area contributed by atoms with Crippen LogP contribution in [0.3, 0.4) is 0 Å². The van der Waals surface area contributed by atoms with E-state index in [0.717, 1.165) is 41.8 Å². The monoisotopic (exact) mass is 451 g/mol. The average molecular weight is 452 g/mol. The molecule has 1 aliphatic carbocycles. The van der Waals surface area contributed by atoms with Crippen molar-refractivity contribution in [2.45, 2.75) is 76.9 Å². The number of benzene rings is 1. The molecule has 5 rings (SSSR count). The number of nitrogens with one attached hydrogen (secondary N) is 1. The summed E-state index contributed by atoms with van der Waals surface area (Å²) < 4.78 is 2.08. The fourth-order valence-corrected chi connectivity index (χ4v) is 5.26. The van der Waals surface area contributed by atoms with E-state index in [-0.39, 0.29) is 0 Å². The summed E-state index contributed by atoms with van der Waals surface area (Å²) in [7, 11) is 0. The van der Waals surface area contributed by atoms with Gasteiger partial charge in [0.05, 0.1) is 12.2 Å². The Labute approximate surface area is 196 Å². The summed E-state index contributed by atoms with van der Waals surface area (Å²) in [5.41, 5.74) is 3.28. The predicted octanol–water partition coefficient (Wildman–Crippen LogP) is 5.94. The van der Waals surface area contributed by atoms with E-state index >= 15 is 0 Å². The number of rotatable bonds is 6. The Bertz CT molecular complexity index is 1010. The maximum absolute atomic E-state index is 6.10. The third-order valence-corrected chi connectivity index (χ3v) is 7.25. The summed E-state index contributed by atoms with van der Waals surface area (Å²) in [5.74, 6) is 1.09. The van der Waals surface area contributed by atoms with Gasteiger partial charge in [0.25, 0.3) is 0 Å². The molecular weight excluding hydrogens is 418 g/mol. The lowest BCUT2D eigenvalue weighted by atomic mass is 9.95. The highest BCUT2D eigenvalue weighted by atomic mass is 35.5. The summed E-state index contributed by atoms with van der Waals surface area (Å²) >= 11 is 6.10. The molecule has 2 fully saturated rings. The van der Waals surface area contributed by atoms with Gasteiger partial charge in [0.1, 0.15) is 5.82 Å². The van der Waals surface area contributed by atoms with Gasteiger partial charge < -0.3 is 10.2 Å². The number of fused-ring (bicyclic) bond motifs is 1. The van der Waals surface area contributed by atoms with E-state index in [9.17, 15) is 0 Å². The van der Waals surface area contributed by atoms with Crippen LogP contribution < -0.4 is 10.2 Å². The van der Waals surface area contributed by atoms with Crippen molar-refractivity contribution in [2.75, 3.05) is 18.0 Å². The van der Waals surface area contributed by atoms with Crippen molar-refractivity contribution in [1.82, 2.24) is 20.1 Å². The van der Waals surface area contributed by atoms with Crippen LogP contribution in [0.1, 0.15) is 69.0 Å². The Morgan fingerprint density at radius 3 is 2.34 bits per heavy atom. The molecule has 6 heteroatoms. The van der Waals surface area contributed by atoms with Gasteiger partial charge in [-0.2, -0.15) is 5.10 Å². The van der Waals surface area contributed by atoms with Crippen LogP contribution in [0.4, 0.5) is 5.82 Å². The van der Waals surface area contributed by atoms with Crippen LogP contribution in [-0.4, -0.2) is 33.9 Å². The summed E-state index contributed by atoms with van der Waals surface area (Å²) in [6.07, 6.45) is 11.8. The quantitative estimate of drug-likeness (QED) is 0.504. The van der Waals surface area contributed by atoms with E-state index < -0.39 is 0 Å². The fourth-order valence-electron chi connectivity index (χ4n) is 5.13. The molecule has 2 aliphatic rings. The van der Waals surface area contributed by atoms with Crippen molar-refractivity contribution < 1.29 is 0 Å². The molecule has 1 aliphatic heterocycles. The first kappa shape index (κ1) is 21.7. The van der Waals surface area contributed by atoms with E-state index in [4.69, 9.17) is 21.7 Å². The number of anilines is 1. The van der Waals surface area contributed by atoms with Crippen molar-refractivity contribution in [2.24, 2.45) is 0 Å². The maximum atomic E-state index is 6.10. The molecule has 1 aromatic carbocycles. The van der Waals surface area contributed by atoms with E-state index in [2.05, 4.69) is 39.2 Å². The zero-order valence-corrected chi connectivity index (χ0v) is 19.7. The lowest BCUT2D eigenvalue weighted by Gasteiger charge is -2.22. The number of hydrogen-bond donors (Lipinski definition) is 1. The summed E-state index contributed by atoms with van der Waals surface area (Å²) in [4.78, 5) is 7.59. The van der Waals surface area contributed by atoms with Crippen LogP contribution in [0.15, 0.2) is 36.4 Å². The zero-order chi connectivity index (χ0) is 21.8. The molecule has 0 spiro atoms. The van der Waals surface area contributed by atoms with Crippen LogP contribution in [-0.2, 0) is 13.1 Å². The maximum Gasteiger partial charge on any atom is 0.160 e.